The molecule has 1 N–H and O–H groups in total. The topological polar surface area (TPSA) is 96.9 Å². The molecule has 224 valence electrons. The average Bonchev–Trinajstić information content (AvgIpc) is 2.99. The lowest BCUT2D eigenvalue weighted by Crippen LogP contribution is -2.48. The molecule has 1 unspecified atom stereocenters. The number of aromatic nitrogens is 2. The SMILES string of the molecule is COC(=O)COc1ccc(N(Cc2cccnc2)C2CCN(C(C)CCNC(=O)c3c(C)cc(Cl)nc3C)CC2)cc1. The smallest absolute Gasteiger partial charge is 0.343 e. The van der Waals surface area contributed by atoms with Gasteiger partial charge in [-0.25, -0.2) is 9.78 Å². The zero-order valence-corrected chi connectivity index (χ0v) is 25.6. The first-order chi connectivity index (χ1) is 20.2. The Labute approximate surface area is 253 Å². The van der Waals surface area contributed by atoms with Crippen molar-refractivity contribution >= 4 is 29.2 Å². The number of aryl methyl sites for hydroxylation is 2. The van der Waals surface area contributed by atoms with Crippen LogP contribution in [0.25, 0.3) is 0 Å². The Bertz CT molecular complexity index is 1310. The van der Waals surface area contributed by atoms with Crippen molar-refractivity contribution in [2.24, 2.45) is 0 Å². The molecule has 0 spiro atoms. The van der Waals surface area contributed by atoms with Gasteiger partial charge in [-0.1, -0.05) is 17.7 Å². The molecule has 42 heavy (non-hydrogen) atoms. The molecule has 3 heterocycles. The second-order valence-electron chi connectivity index (χ2n) is 10.7. The number of pyridine rings is 2. The monoisotopic (exact) mass is 593 g/mol. The van der Waals surface area contributed by atoms with Gasteiger partial charge in [0.1, 0.15) is 10.9 Å². The highest BCUT2D eigenvalue weighted by atomic mass is 35.5. The van der Waals surface area contributed by atoms with Crippen LogP contribution >= 0.6 is 11.6 Å². The van der Waals surface area contributed by atoms with Gasteiger partial charge in [0.05, 0.1) is 18.4 Å². The third kappa shape index (κ3) is 8.42. The maximum Gasteiger partial charge on any atom is 0.343 e. The van der Waals surface area contributed by atoms with Crippen LogP contribution < -0.4 is 15.0 Å². The van der Waals surface area contributed by atoms with Crippen LogP contribution in [0.5, 0.6) is 5.75 Å². The minimum absolute atomic E-state index is 0.104. The van der Waals surface area contributed by atoms with Crippen molar-refractivity contribution in [3.8, 4) is 5.75 Å². The number of hydrogen-bond acceptors (Lipinski definition) is 8. The molecule has 1 amide bonds. The molecule has 1 saturated heterocycles. The molecule has 1 fully saturated rings. The summed E-state index contributed by atoms with van der Waals surface area (Å²) in [5.41, 5.74) is 4.33. The molecule has 4 rings (SSSR count). The number of carbonyl (C=O) groups is 2. The number of halogens is 1. The number of ether oxygens (including phenoxy) is 2. The van der Waals surface area contributed by atoms with E-state index in [9.17, 15) is 9.59 Å². The van der Waals surface area contributed by atoms with Crippen molar-refractivity contribution in [2.75, 3.05) is 38.3 Å². The van der Waals surface area contributed by atoms with E-state index in [1.807, 2.05) is 50.4 Å². The Morgan fingerprint density at radius 2 is 1.90 bits per heavy atom. The highest BCUT2D eigenvalue weighted by Gasteiger charge is 2.27. The number of methoxy groups -OCH3 is 1. The largest absolute Gasteiger partial charge is 0.482 e. The number of esters is 1. The van der Waals surface area contributed by atoms with Crippen LogP contribution in [-0.2, 0) is 16.1 Å². The minimum Gasteiger partial charge on any atom is -0.482 e. The number of rotatable bonds is 12. The molecule has 0 aliphatic carbocycles. The third-order valence-corrected chi connectivity index (χ3v) is 8.03. The normalized spacial score (nSPS) is 14.7. The van der Waals surface area contributed by atoms with Gasteiger partial charge in [0.25, 0.3) is 5.91 Å². The highest BCUT2D eigenvalue weighted by molar-refractivity contribution is 6.29. The number of carbonyl (C=O) groups excluding carboxylic acids is 2. The van der Waals surface area contributed by atoms with Gasteiger partial charge in [0.2, 0.25) is 0 Å². The molecule has 1 aliphatic rings. The van der Waals surface area contributed by atoms with Gasteiger partial charge in [0.15, 0.2) is 6.61 Å². The summed E-state index contributed by atoms with van der Waals surface area (Å²) in [5.74, 6) is 0.108. The van der Waals surface area contributed by atoms with Gasteiger partial charge in [-0.2, -0.15) is 0 Å². The van der Waals surface area contributed by atoms with Gasteiger partial charge in [-0.15, -0.1) is 0 Å². The van der Waals surface area contributed by atoms with E-state index in [2.05, 4.69) is 42.8 Å². The molecule has 9 nitrogen and oxygen atoms in total. The Morgan fingerprint density at radius 3 is 2.55 bits per heavy atom. The number of hydrogen-bond donors (Lipinski definition) is 1. The maximum absolute atomic E-state index is 12.8. The summed E-state index contributed by atoms with van der Waals surface area (Å²) in [4.78, 5) is 37.7. The number of likely N-dealkylation sites (tertiary alicyclic amines) is 1. The summed E-state index contributed by atoms with van der Waals surface area (Å²) in [6.07, 6.45) is 6.61. The molecule has 10 heteroatoms. The van der Waals surface area contributed by atoms with Gasteiger partial charge in [0, 0.05) is 56.3 Å². The van der Waals surface area contributed by atoms with Crippen LogP contribution in [0.2, 0.25) is 5.15 Å². The molecule has 3 aromatic rings. The van der Waals surface area contributed by atoms with Crippen molar-refractivity contribution < 1.29 is 19.1 Å². The number of amides is 1. The predicted molar refractivity (Wildman–Crippen MR) is 164 cm³/mol. The first-order valence-corrected chi connectivity index (χ1v) is 14.7. The molecule has 2 aromatic heterocycles. The summed E-state index contributed by atoms with van der Waals surface area (Å²) >= 11 is 6.02. The van der Waals surface area contributed by atoms with E-state index in [1.54, 1.807) is 12.3 Å². The van der Waals surface area contributed by atoms with Crippen molar-refractivity contribution in [3.05, 3.63) is 82.4 Å². The molecular weight excluding hydrogens is 554 g/mol. The Kier molecular flexibility index (Phi) is 11.1. The van der Waals surface area contributed by atoms with Crippen LogP contribution in [0, 0.1) is 13.8 Å². The fraction of sp³-hybridized carbons (Fsp3) is 0.438. The third-order valence-electron chi connectivity index (χ3n) is 7.83. The Morgan fingerprint density at radius 1 is 1.17 bits per heavy atom. The number of piperidine rings is 1. The second-order valence-corrected chi connectivity index (χ2v) is 11.1. The zero-order valence-electron chi connectivity index (χ0n) is 24.8. The van der Waals surface area contributed by atoms with Gasteiger partial charge >= 0.3 is 5.97 Å². The van der Waals surface area contributed by atoms with Crippen molar-refractivity contribution in [1.82, 2.24) is 20.2 Å². The standard InChI is InChI=1S/C32H40ClN5O4/c1-22-18-29(33)36-24(3)31(22)32(40)35-15-11-23(2)37-16-12-27(13-17-37)38(20-25-6-5-14-34-19-25)26-7-9-28(10-8-26)42-21-30(39)41-4/h5-10,14,18-19,23,27H,11-13,15-17,20-21H2,1-4H3,(H,35,40). The second kappa shape index (κ2) is 15.0. The summed E-state index contributed by atoms with van der Waals surface area (Å²) < 4.78 is 10.2. The fourth-order valence-corrected chi connectivity index (χ4v) is 5.78. The van der Waals surface area contributed by atoms with Crippen LogP contribution in [0.4, 0.5) is 5.69 Å². The number of anilines is 1. The average molecular weight is 594 g/mol. The molecule has 1 aliphatic heterocycles. The molecular formula is C32H40ClN5O4. The number of nitrogens with zero attached hydrogens (tertiary/aromatic N) is 4. The molecule has 1 atom stereocenters. The van der Waals surface area contributed by atoms with Crippen LogP contribution in [-0.4, -0.2) is 72.2 Å². The fourth-order valence-electron chi connectivity index (χ4n) is 5.49. The van der Waals surface area contributed by atoms with E-state index in [0.717, 1.165) is 55.7 Å². The summed E-state index contributed by atoms with van der Waals surface area (Å²) in [7, 11) is 1.34. The quantitative estimate of drug-likeness (QED) is 0.232. The Balaban J connectivity index is 1.33. The lowest BCUT2D eigenvalue weighted by atomic mass is 9.99. The van der Waals surface area contributed by atoms with Crippen LogP contribution in [0.15, 0.2) is 54.9 Å². The predicted octanol–water partition coefficient (Wildman–Crippen LogP) is 4.98. The molecule has 1 aromatic carbocycles. The van der Waals surface area contributed by atoms with E-state index >= 15 is 0 Å². The van der Waals surface area contributed by atoms with Gasteiger partial charge in [-0.05, 0) is 87.6 Å². The van der Waals surface area contributed by atoms with E-state index in [4.69, 9.17) is 16.3 Å². The molecule has 0 bridgehead atoms. The van der Waals surface area contributed by atoms with E-state index in [0.29, 0.717) is 40.8 Å². The van der Waals surface area contributed by atoms with Crippen LogP contribution in [0.3, 0.4) is 0 Å². The number of nitrogens with one attached hydrogen (secondary N) is 1. The van der Waals surface area contributed by atoms with Crippen LogP contribution in [0.1, 0.15) is 53.4 Å². The van der Waals surface area contributed by atoms with E-state index in [-0.39, 0.29) is 12.5 Å². The van der Waals surface area contributed by atoms with E-state index in [1.165, 1.54) is 7.11 Å². The van der Waals surface area contributed by atoms with Crippen molar-refractivity contribution in [3.63, 3.8) is 0 Å². The lowest BCUT2D eigenvalue weighted by Gasteiger charge is -2.42. The summed E-state index contributed by atoms with van der Waals surface area (Å²) in [5, 5.41) is 3.47. The highest BCUT2D eigenvalue weighted by Crippen LogP contribution is 2.28. The zero-order chi connectivity index (χ0) is 30.1. The summed E-state index contributed by atoms with van der Waals surface area (Å²) in [6, 6.07) is 14.4. The first-order valence-electron chi connectivity index (χ1n) is 14.4. The first kappa shape index (κ1) is 31.3. The van der Waals surface area contributed by atoms with E-state index < -0.39 is 5.97 Å². The molecule has 0 saturated carbocycles. The van der Waals surface area contributed by atoms with Gasteiger partial charge < -0.3 is 24.6 Å². The lowest BCUT2D eigenvalue weighted by molar-refractivity contribution is -0.142. The van der Waals surface area contributed by atoms with Crippen molar-refractivity contribution in [2.45, 2.75) is 58.7 Å². The van der Waals surface area contributed by atoms with Gasteiger partial charge in [-0.3, -0.25) is 9.78 Å². The minimum atomic E-state index is -0.412. The van der Waals surface area contributed by atoms with Crippen molar-refractivity contribution in [1.29, 1.82) is 0 Å². The number of benzene rings is 1. The summed E-state index contributed by atoms with van der Waals surface area (Å²) in [6.45, 7) is 9.10. The maximum atomic E-state index is 12.8. The Hall–Kier alpha value is -3.69. The molecule has 0 radical (unpaired) electrons.